The summed E-state index contributed by atoms with van der Waals surface area (Å²) < 4.78 is 11.7. The highest BCUT2D eigenvalue weighted by Crippen LogP contribution is 2.36. The summed E-state index contributed by atoms with van der Waals surface area (Å²) in [7, 11) is 0. The monoisotopic (exact) mass is 499 g/mol. The minimum atomic E-state index is -1.22. The van der Waals surface area contributed by atoms with Gasteiger partial charge in [-0.25, -0.2) is 4.98 Å². The van der Waals surface area contributed by atoms with Gasteiger partial charge in [0.15, 0.2) is 0 Å². The minimum Gasteiger partial charge on any atom is -0.458 e. The standard InChI is InChI=1S/C26H39NO6S/c1-14-8-7-9-19-21(32-19)11-20(15(2)10-18-13-34-17(4)27-18)33-23(29)12-22(28)26(5,6)25(31)16(3)24(14)30/h10,13-14,16,19-22,24,28,30H,7-9,11-12H2,1-6H3/b15-10+/t14?,16?,19-,20?,21+,22?,24?/m1/s1/i14+1,15+1,16+1,26+1,32+2. The summed E-state index contributed by atoms with van der Waals surface area (Å²) in [5.41, 5.74) is 0.494. The van der Waals surface area contributed by atoms with Gasteiger partial charge in [-0.1, -0.05) is 34.1 Å². The van der Waals surface area contributed by atoms with Crippen LogP contribution in [0.5, 0.6) is 0 Å². The van der Waals surface area contributed by atoms with Crippen LogP contribution in [0, 0.1) is 24.2 Å². The van der Waals surface area contributed by atoms with Gasteiger partial charge in [0.25, 0.3) is 0 Å². The van der Waals surface area contributed by atoms with Gasteiger partial charge in [-0.15, -0.1) is 11.3 Å². The first-order valence-electron chi connectivity index (χ1n) is 12.3. The molecular formula is C26H39NO6S. The SMILES string of the molecule is Cc1nc(/C=[13C](\C)C2C[C@@H]3[18O][C@@H]3CCC[13CH](C)C(O)[13CH](C)C(=O)[13C](C)(C)C(O)CC(=O)O2)cs1. The van der Waals surface area contributed by atoms with Crippen LogP contribution in [-0.2, 0) is 19.1 Å². The molecule has 0 aromatic carbocycles. The second-order valence-electron chi connectivity index (χ2n) is 10.6. The second kappa shape index (κ2) is 11.0. The number of hydrogen-bond donors (Lipinski definition) is 2. The maximum atomic E-state index is 13.2. The Morgan fingerprint density at radius 2 is 1.94 bits per heavy atom. The molecule has 7 atom stereocenters. The van der Waals surface area contributed by atoms with Gasteiger partial charge in [0.2, 0.25) is 0 Å². The van der Waals surface area contributed by atoms with Crippen molar-refractivity contribution in [1.82, 2.24) is 4.98 Å². The fraction of sp³-hybridized carbons (Fsp3) is 0.731. The number of rotatable bonds is 2. The van der Waals surface area contributed by atoms with Gasteiger partial charge in [-0.2, -0.15) is 0 Å². The van der Waals surface area contributed by atoms with Crippen LogP contribution < -0.4 is 0 Å². The summed E-state index contributed by atoms with van der Waals surface area (Å²) in [6.07, 6.45) is 2.28. The zero-order chi connectivity index (χ0) is 25.2. The van der Waals surface area contributed by atoms with Gasteiger partial charge in [0.1, 0.15) is 11.9 Å². The molecule has 1 aromatic heterocycles. The van der Waals surface area contributed by atoms with Crippen molar-refractivity contribution in [3.05, 3.63) is 21.7 Å². The van der Waals surface area contributed by atoms with Crippen molar-refractivity contribution in [1.29, 1.82) is 0 Å². The number of esters is 1. The largest absolute Gasteiger partial charge is 0.458 e. The molecule has 2 saturated heterocycles. The number of aromatic nitrogens is 1. The Morgan fingerprint density at radius 3 is 2.59 bits per heavy atom. The molecule has 0 bridgehead atoms. The number of aryl methyl sites for hydroxylation is 1. The first-order chi connectivity index (χ1) is 15.9. The third kappa shape index (κ3) is 6.53. The number of carbonyl (C=O) groups is 2. The molecule has 5 unspecified atom stereocenters. The molecule has 3 heterocycles. The van der Waals surface area contributed by atoms with Crippen LogP contribution in [0.4, 0.5) is 0 Å². The van der Waals surface area contributed by atoms with E-state index in [1.165, 1.54) is 0 Å². The minimum absolute atomic E-state index is 0.00770. The lowest BCUT2D eigenvalue weighted by atomic mass is 10.1. The first kappa shape index (κ1) is 27.0. The Hall–Kier alpha value is -1.61. The van der Waals surface area contributed by atoms with E-state index in [-0.39, 0.29) is 30.3 Å². The number of ketones is 1. The molecule has 8 heteroatoms. The highest BCUT2D eigenvalue weighted by molar-refractivity contribution is 7.09. The third-order valence-corrected chi connectivity index (χ3v) is 8.20. The van der Waals surface area contributed by atoms with Crippen molar-refractivity contribution in [2.75, 3.05) is 0 Å². The van der Waals surface area contributed by atoms with Gasteiger partial charge >= 0.3 is 5.97 Å². The highest BCUT2D eigenvalue weighted by atomic mass is 32.1. The highest BCUT2D eigenvalue weighted by Gasteiger charge is 2.44. The number of thiazole rings is 1. The maximum Gasteiger partial charge on any atom is 0.309 e. The Morgan fingerprint density at radius 1 is 1.24 bits per heavy atom. The van der Waals surface area contributed by atoms with Crippen LogP contribution in [0.1, 0.15) is 77.4 Å². The van der Waals surface area contributed by atoms with E-state index in [9.17, 15) is 19.8 Å². The van der Waals surface area contributed by atoms with Crippen LogP contribution >= 0.6 is 11.3 Å². The number of nitrogens with zero attached hydrogens (tertiary/aromatic N) is 1. The summed E-state index contributed by atoms with van der Waals surface area (Å²) in [6.45, 7) is 10.8. The zero-order valence-electron chi connectivity index (χ0n) is 21.1. The van der Waals surface area contributed by atoms with E-state index in [4.69, 9.17) is 9.47 Å². The average molecular weight is 500 g/mol. The fourth-order valence-electron chi connectivity index (χ4n) is 4.78. The van der Waals surface area contributed by atoms with Crippen LogP contribution in [0.3, 0.4) is 0 Å². The number of aliphatic hydroxyl groups excluding tert-OH is 2. The van der Waals surface area contributed by atoms with Gasteiger partial charge in [-0.05, 0) is 44.3 Å². The van der Waals surface area contributed by atoms with Crippen molar-refractivity contribution in [2.45, 2.75) is 104 Å². The summed E-state index contributed by atoms with van der Waals surface area (Å²) >= 11 is 1.56. The summed E-state index contributed by atoms with van der Waals surface area (Å²) in [5.74, 6) is -1.52. The zero-order valence-corrected chi connectivity index (χ0v) is 21.9. The number of fused-ring (bicyclic) bond motifs is 1. The Labute approximate surface area is 206 Å². The molecule has 0 aliphatic carbocycles. The van der Waals surface area contributed by atoms with Crippen molar-refractivity contribution < 1.29 is 29.3 Å². The van der Waals surface area contributed by atoms with Crippen LogP contribution in [0.15, 0.2) is 11.0 Å². The van der Waals surface area contributed by atoms with Gasteiger partial charge in [0.05, 0.1) is 47.0 Å². The quantitative estimate of drug-likeness (QED) is 0.273. The van der Waals surface area contributed by atoms with Gasteiger partial charge in [0, 0.05) is 17.7 Å². The van der Waals surface area contributed by atoms with Crippen molar-refractivity contribution in [2.24, 2.45) is 17.3 Å². The Bertz CT molecular complexity index is 909. The lowest BCUT2D eigenvalue weighted by molar-refractivity contribution is -0.154. The molecule has 3 rings (SSSR count). The molecule has 2 aliphatic rings. The van der Waals surface area contributed by atoms with Gasteiger partial charge < -0.3 is 19.7 Å². The molecule has 7 nitrogen and oxygen atoms in total. The number of ether oxygens (including phenoxy) is 2. The molecule has 34 heavy (non-hydrogen) atoms. The number of hydrogen-bond acceptors (Lipinski definition) is 8. The molecule has 0 saturated carbocycles. The number of aliphatic hydroxyl groups is 2. The molecule has 2 aliphatic heterocycles. The van der Waals surface area contributed by atoms with Crippen molar-refractivity contribution in [3.63, 3.8) is 0 Å². The molecule has 0 radical (unpaired) electrons. The van der Waals surface area contributed by atoms with Crippen LogP contribution in [0.2, 0.25) is 0 Å². The molecule has 0 amide bonds. The Kier molecular flexibility index (Phi) is 8.71. The smallest absolute Gasteiger partial charge is 0.309 e. The van der Waals surface area contributed by atoms with E-state index in [2.05, 4.69) is 4.98 Å². The molecule has 0 spiro atoms. The molecule has 2 fully saturated rings. The second-order valence-corrected chi connectivity index (χ2v) is 11.7. The number of epoxide rings is 1. The predicted octanol–water partition coefficient (Wildman–Crippen LogP) is 4.09. The van der Waals surface area contributed by atoms with E-state index < -0.39 is 35.6 Å². The normalized spacial score (nSPS) is 36.0. The molecule has 1 aromatic rings. The lowest BCUT2D eigenvalue weighted by Gasteiger charge is -2.34. The van der Waals surface area contributed by atoms with E-state index in [0.717, 1.165) is 35.5 Å². The van der Waals surface area contributed by atoms with E-state index in [1.807, 2.05) is 32.2 Å². The molecule has 2 N–H and O–H groups in total. The molecule has 190 valence electrons. The summed E-state index contributed by atoms with van der Waals surface area (Å²) in [4.78, 5) is 30.5. The predicted molar refractivity (Wildman–Crippen MR) is 131 cm³/mol. The van der Waals surface area contributed by atoms with Crippen molar-refractivity contribution >= 4 is 29.2 Å². The van der Waals surface area contributed by atoms with Gasteiger partial charge in [-0.3, -0.25) is 9.59 Å². The topological polar surface area (TPSA) is 109 Å². The summed E-state index contributed by atoms with van der Waals surface area (Å²) in [6, 6.07) is 0. The Balaban J connectivity index is 1.81. The summed E-state index contributed by atoms with van der Waals surface area (Å²) in [5, 5.41) is 24.5. The van der Waals surface area contributed by atoms with E-state index in [0.29, 0.717) is 6.42 Å². The molecular weight excluding hydrogens is 460 g/mol. The van der Waals surface area contributed by atoms with E-state index >= 15 is 0 Å². The van der Waals surface area contributed by atoms with Crippen molar-refractivity contribution in [3.8, 4) is 0 Å². The third-order valence-electron chi connectivity index (χ3n) is 7.41. The maximum absolute atomic E-state index is 13.2. The van der Waals surface area contributed by atoms with Crippen LogP contribution in [0.25, 0.3) is 6.08 Å². The number of cyclic esters (lactones) is 1. The number of Topliss-reactive ketones (excluding diaryl/α,β-unsaturated/α-hetero) is 1. The van der Waals surface area contributed by atoms with Crippen LogP contribution in [-0.4, -0.2) is 57.5 Å². The average Bonchev–Trinajstić information content (AvgIpc) is 3.38. The lowest BCUT2D eigenvalue weighted by Crippen LogP contribution is -2.45. The number of carbonyl (C=O) groups excluding carboxylic acids is 2. The van der Waals surface area contributed by atoms with E-state index in [1.54, 1.807) is 32.1 Å². The first-order valence-corrected chi connectivity index (χ1v) is 13.1. The fourth-order valence-corrected chi connectivity index (χ4v) is 5.35.